The van der Waals surface area contributed by atoms with Crippen LogP contribution in [0.25, 0.3) is 0 Å². The van der Waals surface area contributed by atoms with E-state index in [-0.39, 0.29) is 24.0 Å². The summed E-state index contributed by atoms with van der Waals surface area (Å²) in [4.78, 5) is 10.3. The lowest BCUT2D eigenvalue weighted by molar-refractivity contribution is 0.0945. The van der Waals surface area contributed by atoms with Crippen LogP contribution in [0, 0.1) is 12.8 Å². The van der Waals surface area contributed by atoms with Gasteiger partial charge in [0, 0.05) is 37.1 Å². The Balaban J connectivity index is 0.00000364. The number of hydrogen-bond acceptors (Lipinski definition) is 4. The molecule has 1 atom stereocenters. The first kappa shape index (κ1) is 23.8. The third kappa shape index (κ3) is 10.1. The van der Waals surface area contributed by atoms with Crippen LogP contribution in [0.3, 0.4) is 0 Å². The minimum atomic E-state index is 0. The van der Waals surface area contributed by atoms with Crippen molar-refractivity contribution < 1.29 is 4.74 Å². The zero-order valence-corrected chi connectivity index (χ0v) is 19.6. The van der Waals surface area contributed by atoms with Crippen molar-refractivity contribution in [2.75, 3.05) is 26.2 Å². The highest BCUT2D eigenvalue weighted by atomic mass is 127. The monoisotopic (exact) mass is 502 g/mol. The Morgan fingerprint density at radius 2 is 2.04 bits per heavy atom. The maximum Gasteiger partial charge on any atom is 0.191 e. The third-order valence-corrected chi connectivity index (χ3v) is 4.69. The highest BCUT2D eigenvalue weighted by molar-refractivity contribution is 14.0. The molecular weight excluding hydrogens is 471 g/mol. The zero-order chi connectivity index (χ0) is 18.6. The predicted octanol–water partition coefficient (Wildman–Crippen LogP) is 4.02. The van der Waals surface area contributed by atoms with Gasteiger partial charge in [0.1, 0.15) is 0 Å². The fraction of sp³-hybridized carbons (Fsp3) is 0.500. The van der Waals surface area contributed by atoms with Crippen molar-refractivity contribution in [3.63, 3.8) is 0 Å². The Kier molecular flexibility index (Phi) is 12.3. The predicted molar refractivity (Wildman–Crippen MR) is 125 cm³/mol. The largest absolute Gasteiger partial charge is 0.376 e. The Hall–Kier alpha value is -1.19. The van der Waals surface area contributed by atoms with E-state index in [0.717, 1.165) is 37.0 Å². The van der Waals surface area contributed by atoms with Gasteiger partial charge >= 0.3 is 0 Å². The van der Waals surface area contributed by atoms with Crippen LogP contribution >= 0.6 is 35.3 Å². The fourth-order valence-corrected chi connectivity index (χ4v) is 3.19. The van der Waals surface area contributed by atoms with Gasteiger partial charge in [-0.05, 0) is 25.3 Å². The molecule has 0 bridgehead atoms. The number of halogens is 1. The molecule has 0 saturated heterocycles. The van der Waals surface area contributed by atoms with Crippen molar-refractivity contribution in [2.45, 2.75) is 33.8 Å². The highest BCUT2D eigenvalue weighted by Gasteiger charge is 2.04. The SMILES string of the molecule is CCNC(=NCC(C)COCc1ccccc1)NCCc1ncc(C)s1.I. The molecular formula is C20H31IN4OS. The van der Waals surface area contributed by atoms with Gasteiger partial charge in [-0.2, -0.15) is 0 Å². The molecule has 1 aromatic heterocycles. The quantitative estimate of drug-likeness (QED) is 0.293. The summed E-state index contributed by atoms with van der Waals surface area (Å²) in [7, 11) is 0. The lowest BCUT2D eigenvalue weighted by Gasteiger charge is -2.13. The lowest BCUT2D eigenvalue weighted by atomic mass is 10.2. The van der Waals surface area contributed by atoms with Crippen molar-refractivity contribution in [3.05, 3.63) is 52.0 Å². The number of nitrogens with zero attached hydrogens (tertiary/aromatic N) is 2. The molecule has 2 rings (SSSR count). The smallest absolute Gasteiger partial charge is 0.191 e. The first-order valence-corrected chi connectivity index (χ1v) is 10.0. The summed E-state index contributed by atoms with van der Waals surface area (Å²) in [5.74, 6) is 1.23. The standard InChI is InChI=1S/C20H30N4OS.HI/c1-4-21-20(22-11-10-19-23-13-17(3)26-19)24-12-16(2)14-25-15-18-8-6-5-7-9-18;/h5-9,13,16H,4,10-12,14-15H2,1-3H3,(H2,21,22,24);1H. The molecule has 0 amide bonds. The molecule has 1 heterocycles. The van der Waals surface area contributed by atoms with Gasteiger partial charge in [-0.1, -0.05) is 37.3 Å². The Morgan fingerprint density at radius 1 is 1.26 bits per heavy atom. The molecule has 27 heavy (non-hydrogen) atoms. The third-order valence-electron chi connectivity index (χ3n) is 3.72. The summed E-state index contributed by atoms with van der Waals surface area (Å²) in [6, 6.07) is 10.3. The number of thiazole rings is 1. The van der Waals surface area contributed by atoms with Crippen molar-refractivity contribution >= 4 is 41.3 Å². The number of aliphatic imine (C=N–C) groups is 1. The second kappa shape index (κ2) is 13.9. The van der Waals surface area contributed by atoms with Gasteiger partial charge in [0.15, 0.2) is 5.96 Å². The second-order valence-electron chi connectivity index (χ2n) is 6.37. The second-order valence-corrected chi connectivity index (χ2v) is 7.69. The molecule has 7 heteroatoms. The molecule has 0 fully saturated rings. The van der Waals surface area contributed by atoms with E-state index in [1.54, 1.807) is 11.3 Å². The van der Waals surface area contributed by atoms with Crippen LogP contribution in [0.15, 0.2) is 41.5 Å². The summed E-state index contributed by atoms with van der Waals surface area (Å²) in [5, 5.41) is 7.83. The van der Waals surface area contributed by atoms with E-state index < -0.39 is 0 Å². The molecule has 2 aromatic rings. The zero-order valence-electron chi connectivity index (χ0n) is 16.4. The molecule has 0 aliphatic rings. The average molecular weight is 502 g/mol. The molecule has 0 aliphatic heterocycles. The molecule has 150 valence electrons. The summed E-state index contributed by atoms with van der Waals surface area (Å²) in [5.41, 5.74) is 1.20. The molecule has 1 unspecified atom stereocenters. The summed E-state index contributed by atoms with van der Waals surface area (Å²) >= 11 is 1.75. The van der Waals surface area contributed by atoms with Crippen LogP contribution in [-0.4, -0.2) is 37.2 Å². The van der Waals surface area contributed by atoms with Gasteiger partial charge in [-0.15, -0.1) is 35.3 Å². The van der Waals surface area contributed by atoms with Gasteiger partial charge < -0.3 is 15.4 Å². The van der Waals surface area contributed by atoms with Crippen LogP contribution in [0.5, 0.6) is 0 Å². The van der Waals surface area contributed by atoms with Crippen molar-refractivity contribution in [1.29, 1.82) is 0 Å². The number of aromatic nitrogens is 1. The highest BCUT2D eigenvalue weighted by Crippen LogP contribution is 2.10. The van der Waals surface area contributed by atoms with Crippen molar-refractivity contribution in [2.24, 2.45) is 10.9 Å². The first-order valence-electron chi connectivity index (χ1n) is 9.22. The summed E-state index contributed by atoms with van der Waals surface area (Å²) in [6.07, 6.45) is 2.84. The molecule has 2 N–H and O–H groups in total. The fourth-order valence-electron chi connectivity index (χ4n) is 2.40. The van der Waals surface area contributed by atoms with E-state index in [1.165, 1.54) is 10.4 Å². The van der Waals surface area contributed by atoms with Crippen LogP contribution in [0.2, 0.25) is 0 Å². The van der Waals surface area contributed by atoms with Gasteiger partial charge in [0.25, 0.3) is 0 Å². The minimum absolute atomic E-state index is 0. The maximum absolute atomic E-state index is 5.80. The maximum atomic E-state index is 5.80. The van der Waals surface area contributed by atoms with E-state index in [0.29, 0.717) is 19.1 Å². The molecule has 5 nitrogen and oxygen atoms in total. The number of aryl methyl sites for hydroxylation is 1. The number of guanidine groups is 1. The van der Waals surface area contributed by atoms with E-state index in [2.05, 4.69) is 53.5 Å². The van der Waals surface area contributed by atoms with E-state index in [9.17, 15) is 0 Å². The molecule has 0 saturated carbocycles. The van der Waals surface area contributed by atoms with Crippen molar-refractivity contribution in [3.8, 4) is 0 Å². The number of hydrogen-bond donors (Lipinski definition) is 2. The van der Waals surface area contributed by atoms with E-state index >= 15 is 0 Å². The topological polar surface area (TPSA) is 58.5 Å². The Morgan fingerprint density at radius 3 is 2.70 bits per heavy atom. The number of benzene rings is 1. The number of rotatable bonds is 10. The van der Waals surface area contributed by atoms with E-state index in [4.69, 9.17) is 4.74 Å². The Bertz CT molecular complexity index is 663. The molecule has 1 aromatic carbocycles. The number of ether oxygens (including phenoxy) is 1. The van der Waals surface area contributed by atoms with Crippen LogP contribution in [0.1, 0.15) is 29.3 Å². The van der Waals surface area contributed by atoms with Gasteiger partial charge in [0.05, 0.1) is 18.2 Å². The molecule has 0 aliphatic carbocycles. The average Bonchev–Trinajstić information content (AvgIpc) is 3.06. The van der Waals surface area contributed by atoms with Crippen LogP contribution in [0.4, 0.5) is 0 Å². The lowest BCUT2D eigenvalue weighted by Crippen LogP contribution is -2.38. The minimum Gasteiger partial charge on any atom is -0.376 e. The Labute approximate surface area is 184 Å². The molecule has 0 spiro atoms. The van der Waals surface area contributed by atoms with Gasteiger partial charge in [-0.25, -0.2) is 4.98 Å². The summed E-state index contributed by atoms with van der Waals surface area (Å²) < 4.78 is 5.80. The number of nitrogens with one attached hydrogen (secondary N) is 2. The molecule has 0 radical (unpaired) electrons. The first-order chi connectivity index (χ1) is 12.7. The normalized spacial score (nSPS) is 12.3. The van der Waals surface area contributed by atoms with Crippen LogP contribution < -0.4 is 10.6 Å². The van der Waals surface area contributed by atoms with Gasteiger partial charge in [0.2, 0.25) is 0 Å². The van der Waals surface area contributed by atoms with E-state index in [1.807, 2.05) is 24.4 Å². The summed E-state index contributed by atoms with van der Waals surface area (Å²) in [6.45, 7) is 10.1. The van der Waals surface area contributed by atoms with Crippen LogP contribution in [-0.2, 0) is 17.8 Å². The van der Waals surface area contributed by atoms with Gasteiger partial charge in [-0.3, -0.25) is 4.99 Å². The van der Waals surface area contributed by atoms with Crippen molar-refractivity contribution in [1.82, 2.24) is 15.6 Å².